The Balaban J connectivity index is 1.81. The number of nitrogens with one attached hydrogen (secondary N) is 1. The SMILES string of the molecule is CCn1c(C)nnc1-c1cc(Cl)ccc1NSc1ccc(OC(C)C)cc1. The van der Waals surface area contributed by atoms with Gasteiger partial charge >= 0.3 is 0 Å². The lowest BCUT2D eigenvalue weighted by Crippen LogP contribution is -2.05. The van der Waals surface area contributed by atoms with Crippen LogP contribution in [-0.4, -0.2) is 20.9 Å². The van der Waals surface area contributed by atoms with Crippen LogP contribution in [0.25, 0.3) is 11.4 Å². The zero-order valence-electron chi connectivity index (χ0n) is 15.9. The first kappa shape index (κ1) is 19.6. The minimum absolute atomic E-state index is 0.164. The molecular formula is C20H23ClN4OS. The van der Waals surface area contributed by atoms with Gasteiger partial charge in [-0.1, -0.05) is 11.6 Å². The third kappa shape index (κ3) is 4.76. The van der Waals surface area contributed by atoms with Gasteiger partial charge in [-0.2, -0.15) is 0 Å². The second kappa shape index (κ2) is 8.67. The average Bonchev–Trinajstić information content (AvgIpc) is 3.01. The summed E-state index contributed by atoms with van der Waals surface area (Å²) in [5.41, 5.74) is 1.87. The number of aryl methyl sites for hydroxylation is 1. The maximum absolute atomic E-state index is 6.24. The maximum atomic E-state index is 6.24. The summed E-state index contributed by atoms with van der Waals surface area (Å²) in [5, 5.41) is 9.21. The van der Waals surface area contributed by atoms with E-state index in [1.54, 1.807) is 0 Å². The van der Waals surface area contributed by atoms with E-state index in [-0.39, 0.29) is 6.10 Å². The highest BCUT2D eigenvalue weighted by Crippen LogP contribution is 2.33. The third-order valence-corrected chi connectivity index (χ3v) is 5.01. The lowest BCUT2D eigenvalue weighted by Gasteiger charge is -2.13. The summed E-state index contributed by atoms with van der Waals surface area (Å²) in [6, 6.07) is 13.8. The second-order valence-corrected chi connectivity index (χ2v) is 7.66. The molecule has 142 valence electrons. The van der Waals surface area contributed by atoms with Gasteiger partial charge < -0.3 is 14.0 Å². The van der Waals surface area contributed by atoms with Crippen molar-refractivity contribution in [3.05, 3.63) is 53.3 Å². The van der Waals surface area contributed by atoms with Crippen molar-refractivity contribution in [2.45, 2.75) is 45.2 Å². The molecule has 0 bridgehead atoms. The number of nitrogens with zero attached hydrogens (tertiary/aromatic N) is 3. The molecule has 0 spiro atoms. The highest BCUT2D eigenvalue weighted by atomic mass is 35.5. The molecule has 1 N–H and O–H groups in total. The van der Waals surface area contributed by atoms with Crippen molar-refractivity contribution in [3.8, 4) is 17.1 Å². The van der Waals surface area contributed by atoms with Gasteiger partial charge in [-0.05, 0) is 82.1 Å². The number of aromatic nitrogens is 3. The molecule has 0 amide bonds. The number of halogens is 1. The van der Waals surface area contributed by atoms with E-state index in [4.69, 9.17) is 16.3 Å². The summed E-state index contributed by atoms with van der Waals surface area (Å²) in [4.78, 5) is 1.08. The average molecular weight is 403 g/mol. The minimum atomic E-state index is 0.164. The third-order valence-electron chi connectivity index (χ3n) is 3.95. The number of benzene rings is 2. The topological polar surface area (TPSA) is 52.0 Å². The van der Waals surface area contributed by atoms with E-state index in [0.29, 0.717) is 5.02 Å². The smallest absolute Gasteiger partial charge is 0.166 e. The molecule has 0 aliphatic heterocycles. The molecule has 0 fully saturated rings. The molecular weight excluding hydrogens is 380 g/mol. The Bertz CT molecular complexity index is 909. The number of hydrogen-bond acceptors (Lipinski definition) is 5. The fraction of sp³-hybridized carbons (Fsp3) is 0.300. The lowest BCUT2D eigenvalue weighted by atomic mass is 10.1. The summed E-state index contributed by atoms with van der Waals surface area (Å²) < 4.78 is 11.2. The van der Waals surface area contributed by atoms with E-state index >= 15 is 0 Å². The van der Waals surface area contributed by atoms with E-state index in [0.717, 1.165) is 40.1 Å². The predicted octanol–water partition coefficient (Wildman–Crippen LogP) is 5.83. The molecule has 0 aliphatic carbocycles. The van der Waals surface area contributed by atoms with Crippen molar-refractivity contribution in [1.82, 2.24) is 14.8 Å². The monoisotopic (exact) mass is 402 g/mol. The molecule has 0 saturated carbocycles. The molecule has 27 heavy (non-hydrogen) atoms. The number of ether oxygens (including phenoxy) is 1. The second-order valence-electron chi connectivity index (χ2n) is 6.35. The summed E-state index contributed by atoms with van der Waals surface area (Å²) in [7, 11) is 0. The summed E-state index contributed by atoms with van der Waals surface area (Å²) in [6.45, 7) is 8.86. The normalized spacial score (nSPS) is 11.0. The van der Waals surface area contributed by atoms with Gasteiger partial charge in [0.2, 0.25) is 0 Å². The Labute approximate surface area is 169 Å². The Morgan fingerprint density at radius 1 is 1.15 bits per heavy atom. The van der Waals surface area contributed by atoms with E-state index in [2.05, 4.69) is 26.4 Å². The van der Waals surface area contributed by atoms with E-state index < -0.39 is 0 Å². The van der Waals surface area contributed by atoms with Gasteiger partial charge in [0.05, 0.1) is 11.8 Å². The molecule has 0 saturated heterocycles. The zero-order valence-corrected chi connectivity index (χ0v) is 17.4. The summed E-state index contributed by atoms with van der Waals surface area (Å²) in [5.74, 6) is 2.56. The van der Waals surface area contributed by atoms with Crippen LogP contribution in [0.4, 0.5) is 5.69 Å². The maximum Gasteiger partial charge on any atom is 0.166 e. The first-order chi connectivity index (χ1) is 13.0. The Morgan fingerprint density at radius 2 is 1.89 bits per heavy atom. The van der Waals surface area contributed by atoms with Gasteiger partial charge in [0.15, 0.2) is 5.82 Å². The number of hydrogen-bond donors (Lipinski definition) is 1. The number of anilines is 1. The van der Waals surface area contributed by atoms with Crippen molar-refractivity contribution >= 4 is 29.2 Å². The largest absolute Gasteiger partial charge is 0.491 e. The van der Waals surface area contributed by atoms with Crippen LogP contribution < -0.4 is 9.46 Å². The van der Waals surface area contributed by atoms with Crippen LogP contribution in [0, 0.1) is 6.92 Å². The van der Waals surface area contributed by atoms with Crippen molar-refractivity contribution in [3.63, 3.8) is 0 Å². The minimum Gasteiger partial charge on any atom is -0.491 e. The lowest BCUT2D eigenvalue weighted by molar-refractivity contribution is 0.242. The fourth-order valence-electron chi connectivity index (χ4n) is 2.72. The van der Waals surface area contributed by atoms with Crippen LogP contribution in [-0.2, 0) is 6.54 Å². The van der Waals surface area contributed by atoms with Crippen molar-refractivity contribution in [1.29, 1.82) is 0 Å². The van der Waals surface area contributed by atoms with E-state index in [1.165, 1.54) is 11.9 Å². The Morgan fingerprint density at radius 3 is 2.56 bits per heavy atom. The summed E-state index contributed by atoms with van der Waals surface area (Å²) >= 11 is 7.77. The molecule has 0 aliphatic rings. The van der Waals surface area contributed by atoms with E-state index in [9.17, 15) is 0 Å². The molecule has 2 aromatic carbocycles. The first-order valence-electron chi connectivity index (χ1n) is 8.87. The first-order valence-corrected chi connectivity index (χ1v) is 10.1. The van der Waals surface area contributed by atoms with Crippen LogP contribution in [0.2, 0.25) is 5.02 Å². The van der Waals surface area contributed by atoms with E-state index in [1.807, 2.05) is 63.2 Å². The summed E-state index contributed by atoms with van der Waals surface area (Å²) in [6.07, 6.45) is 0.164. The van der Waals surface area contributed by atoms with Gasteiger partial charge in [0, 0.05) is 22.0 Å². The molecule has 3 rings (SSSR count). The highest BCUT2D eigenvalue weighted by molar-refractivity contribution is 8.00. The Kier molecular flexibility index (Phi) is 6.29. The molecule has 1 heterocycles. The van der Waals surface area contributed by atoms with Gasteiger partial charge in [-0.25, -0.2) is 0 Å². The van der Waals surface area contributed by atoms with Gasteiger partial charge in [0.25, 0.3) is 0 Å². The Hall–Kier alpha value is -2.18. The molecule has 5 nitrogen and oxygen atoms in total. The van der Waals surface area contributed by atoms with Crippen LogP contribution in [0.15, 0.2) is 47.4 Å². The van der Waals surface area contributed by atoms with Gasteiger partial charge in [-0.3, -0.25) is 0 Å². The quantitative estimate of drug-likeness (QED) is 0.503. The van der Waals surface area contributed by atoms with Gasteiger partial charge in [0.1, 0.15) is 11.6 Å². The highest BCUT2D eigenvalue weighted by Gasteiger charge is 2.14. The zero-order chi connectivity index (χ0) is 19.4. The van der Waals surface area contributed by atoms with Crippen molar-refractivity contribution < 1.29 is 4.74 Å². The number of rotatable bonds is 7. The predicted molar refractivity (Wildman–Crippen MR) is 113 cm³/mol. The fourth-order valence-corrected chi connectivity index (χ4v) is 3.57. The van der Waals surface area contributed by atoms with Crippen LogP contribution >= 0.6 is 23.5 Å². The van der Waals surface area contributed by atoms with Crippen LogP contribution in [0.1, 0.15) is 26.6 Å². The molecule has 3 aromatic rings. The molecule has 7 heteroatoms. The van der Waals surface area contributed by atoms with Crippen LogP contribution in [0.5, 0.6) is 5.75 Å². The van der Waals surface area contributed by atoms with Crippen molar-refractivity contribution in [2.75, 3.05) is 4.72 Å². The van der Waals surface area contributed by atoms with Gasteiger partial charge in [-0.15, -0.1) is 10.2 Å². The molecule has 0 radical (unpaired) electrons. The molecule has 0 atom stereocenters. The molecule has 1 aromatic heterocycles. The van der Waals surface area contributed by atoms with Crippen molar-refractivity contribution in [2.24, 2.45) is 0 Å². The standard InChI is InChI=1S/C20H23ClN4OS/c1-5-25-14(4)22-23-20(25)18-12-15(21)6-11-19(18)24-27-17-9-7-16(8-10-17)26-13(2)3/h6-13,24H,5H2,1-4H3. The van der Waals surface area contributed by atoms with Crippen LogP contribution in [0.3, 0.4) is 0 Å². The molecule has 0 unspecified atom stereocenters.